The number of aromatic nitrogens is 3. The van der Waals surface area contributed by atoms with Gasteiger partial charge in [0.25, 0.3) is 0 Å². The van der Waals surface area contributed by atoms with Gasteiger partial charge >= 0.3 is 0 Å². The minimum Gasteiger partial charge on any atom is -0.456 e. The molecule has 0 radical (unpaired) electrons. The minimum absolute atomic E-state index is 0.622. The topological polar surface area (TPSA) is 51.8 Å². The molecule has 0 N–H and O–H groups in total. The van der Waals surface area contributed by atoms with Crippen molar-refractivity contribution in [3.63, 3.8) is 0 Å². The molecule has 0 aliphatic heterocycles. The molecule has 2 aromatic heterocycles. The number of benzene rings is 8. The number of para-hydroxylation sites is 1. The number of rotatable bonds is 4. The van der Waals surface area contributed by atoms with Crippen molar-refractivity contribution in [3.05, 3.63) is 164 Å². The fourth-order valence-corrected chi connectivity index (χ4v) is 7.24. The summed E-state index contributed by atoms with van der Waals surface area (Å²) in [5, 5.41) is 9.15. The molecular formula is C45H27N3O. The average Bonchev–Trinajstić information content (AvgIpc) is 3.56. The van der Waals surface area contributed by atoms with E-state index in [0.717, 1.165) is 65.9 Å². The van der Waals surface area contributed by atoms with Gasteiger partial charge < -0.3 is 4.42 Å². The van der Waals surface area contributed by atoms with Crippen LogP contribution in [-0.2, 0) is 0 Å². The van der Waals surface area contributed by atoms with Crippen molar-refractivity contribution in [3.8, 4) is 45.3 Å². The van der Waals surface area contributed by atoms with Gasteiger partial charge in [-0.05, 0) is 67.7 Å². The molecule has 10 aromatic rings. The molecular weight excluding hydrogens is 599 g/mol. The predicted molar refractivity (Wildman–Crippen MR) is 201 cm³/mol. The minimum atomic E-state index is 0.622. The predicted octanol–water partition coefficient (Wildman–Crippen LogP) is 11.9. The maximum absolute atomic E-state index is 6.22. The van der Waals surface area contributed by atoms with E-state index in [1.807, 2.05) is 36.4 Å². The summed E-state index contributed by atoms with van der Waals surface area (Å²) in [7, 11) is 0. The lowest BCUT2D eigenvalue weighted by Crippen LogP contribution is -2.01. The highest BCUT2D eigenvalue weighted by molar-refractivity contribution is 6.19. The van der Waals surface area contributed by atoms with E-state index in [4.69, 9.17) is 19.4 Å². The Labute approximate surface area is 282 Å². The Morgan fingerprint density at radius 3 is 1.86 bits per heavy atom. The summed E-state index contributed by atoms with van der Waals surface area (Å²) in [6, 6.07) is 56.9. The molecule has 2 heterocycles. The molecule has 10 rings (SSSR count). The number of hydrogen-bond donors (Lipinski definition) is 0. The van der Waals surface area contributed by atoms with Crippen LogP contribution in [0.4, 0.5) is 0 Å². The molecule has 4 nitrogen and oxygen atoms in total. The van der Waals surface area contributed by atoms with Crippen LogP contribution in [0, 0.1) is 0 Å². The summed E-state index contributed by atoms with van der Waals surface area (Å²) < 4.78 is 6.22. The van der Waals surface area contributed by atoms with Crippen LogP contribution in [0.2, 0.25) is 0 Å². The van der Waals surface area contributed by atoms with Gasteiger partial charge in [0.05, 0.1) is 0 Å². The molecule has 0 amide bonds. The first-order valence-electron chi connectivity index (χ1n) is 16.4. The summed E-state index contributed by atoms with van der Waals surface area (Å²) in [5.41, 5.74) is 6.78. The van der Waals surface area contributed by atoms with Crippen LogP contribution in [0.5, 0.6) is 0 Å². The molecule has 0 bridgehead atoms. The summed E-state index contributed by atoms with van der Waals surface area (Å²) in [4.78, 5) is 15.6. The average molecular weight is 626 g/mol. The Morgan fingerprint density at radius 1 is 0.347 bits per heavy atom. The van der Waals surface area contributed by atoms with Gasteiger partial charge in [-0.1, -0.05) is 140 Å². The van der Waals surface area contributed by atoms with E-state index in [1.54, 1.807) is 0 Å². The van der Waals surface area contributed by atoms with E-state index < -0.39 is 0 Å². The zero-order valence-corrected chi connectivity index (χ0v) is 26.3. The smallest absolute Gasteiger partial charge is 0.165 e. The van der Waals surface area contributed by atoms with E-state index in [2.05, 4.69) is 127 Å². The van der Waals surface area contributed by atoms with Crippen molar-refractivity contribution in [1.29, 1.82) is 0 Å². The normalized spacial score (nSPS) is 11.7. The lowest BCUT2D eigenvalue weighted by molar-refractivity contribution is 0.669. The van der Waals surface area contributed by atoms with Crippen molar-refractivity contribution < 1.29 is 4.42 Å². The van der Waals surface area contributed by atoms with Gasteiger partial charge in [-0.2, -0.15) is 0 Å². The molecule has 4 heteroatoms. The van der Waals surface area contributed by atoms with Crippen molar-refractivity contribution in [2.75, 3.05) is 0 Å². The Kier molecular flexibility index (Phi) is 6.15. The largest absolute Gasteiger partial charge is 0.456 e. The molecule has 0 aliphatic carbocycles. The fraction of sp³-hybridized carbons (Fsp3) is 0. The van der Waals surface area contributed by atoms with Crippen LogP contribution in [0.25, 0.3) is 99.5 Å². The number of furan rings is 1. The molecule has 0 fully saturated rings. The van der Waals surface area contributed by atoms with Crippen LogP contribution in [0.1, 0.15) is 0 Å². The lowest BCUT2D eigenvalue weighted by Gasteiger charge is -2.15. The molecule has 0 saturated heterocycles. The molecule has 0 spiro atoms. The first kappa shape index (κ1) is 27.5. The van der Waals surface area contributed by atoms with Crippen LogP contribution in [0.15, 0.2) is 168 Å². The summed E-state index contributed by atoms with van der Waals surface area (Å²) >= 11 is 0. The summed E-state index contributed by atoms with van der Waals surface area (Å²) in [6.45, 7) is 0. The third-order valence-corrected chi connectivity index (χ3v) is 9.50. The van der Waals surface area contributed by atoms with E-state index >= 15 is 0 Å². The highest BCUT2D eigenvalue weighted by Crippen LogP contribution is 2.40. The van der Waals surface area contributed by atoms with Crippen LogP contribution < -0.4 is 0 Å². The SMILES string of the molecule is c1ccc(-c2nc(-c3cccc(-c4cccc5oc6ccccc6c45)c3)nc(-c3c4ccccc4cc4c3ccc3ccccc34)n2)cc1. The Hall–Kier alpha value is -6.65. The monoisotopic (exact) mass is 625 g/mol. The van der Waals surface area contributed by atoms with E-state index in [0.29, 0.717) is 17.5 Å². The van der Waals surface area contributed by atoms with Gasteiger partial charge in [-0.3, -0.25) is 0 Å². The number of nitrogens with zero attached hydrogens (tertiary/aromatic N) is 3. The van der Waals surface area contributed by atoms with Gasteiger partial charge in [-0.15, -0.1) is 0 Å². The fourth-order valence-electron chi connectivity index (χ4n) is 7.24. The van der Waals surface area contributed by atoms with Crippen molar-refractivity contribution in [2.24, 2.45) is 0 Å². The molecule has 0 aliphatic rings. The molecule has 0 atom stereocenters. The van der Waals surface area contributed by atoms with Crippen molar-refractivity contribution >= 4 is 54.3 Å². The zero-order chi connectivity index (χ0) is 32.3. The quantitative estimate of drug-likeness (QED) is 0.144. The molecule has 0 unspecified atom stereocenters. The number of hydrogen-bond acceptors (Lipinski definition) is 4. The third kappa shape index (κ3) is 4.49. The highest BCUT2D eigenvalue weighted by Gasteiger charge is 2.19. The maximum atomic E-state index is 6.22. The highest BCUT2D eigenvalue weighted by atomic mass is 16.3. The molecule has 8 aromatic carbocycles. The van der Waals surface area contributed by atoms with Gasteiger partial charge in [0.15, 0.2) is 17.5 Å². The molecule has 228 valence electrons. The third-order valence-electron chi connectivity index (χ3n) is 9.50. The summed E-state index contributed by atoms with van der Waals surface area (Å²) in [5.74, 6) is 1.90. The Morgan fingerprint density at radius 2 is 0.980 bits per heavy atom. The summed E-state index contributed by atoms with van der Waals surface area (Å²) in [6.07, 6.45) is 0. The van der Waals surface area contributed by atoms with Gasteiger partial charge in [0.2, 0.25) is 0 Å². The first-order chi connectivity index (χ1) is 24.3. The van der Waals surface area contributed by atoms with E-state index in [1.165, 1.54) is 16.2 Å². The molecule has 0 saturated carbocycles. The lowest BCUT2D eigenvalue weighted by atomic mass is 9.93. The Bertz CT molecular complexity index is 2890. The van der Waals surface area contributed by atoms with Gasteiger partial charge in [0.1, 0.15) is 11.2 Å². The zero-order valence-electron chi connectivity index (χ0n) is 26.3. The van der Waals surface area contributed by atoms with E-state index in [9.17, 15) is 0 Å². The van der Waals surface area contributed by atoms with Crippen LogP contribution >= 0.6 is 0 Å². The van der Waals surface area contributed by atoms with Crippen molar-refractivity contribution in [1.82, 2.24) is 15.0 Å². The van der Waals surface area contributed by atoms with Crippen LogP contribution in [-0.4, -0.2) is 15.0 Å². The number of fused-ring (bicyclic) bond motifs is 7. The van der Waals surface area contributed by atoms with Crippen molar-refractivity contribution in [2.45, 2.75) is 0 Å². The van der Waals surface area contributed by atoms with Crippen LogP contribution in [0.3, 0.4) is 0 Å². The second-order valence-electron chi connectivity index (χ2n) is 12.4. The molecule has 49 heavy (non-hydrogen) atoms. The second kappa shape index (κ2) is 11.0. The first-order valence-corrected chi connectivity index (χ1v) is 16.4. The van der Waals surface area contributed by atoms with Gasteiger partial charge in [-0.25, -0.2) is 15.0 Å². The Balaban J connectivity index is 1.24. The second-order valence-corrected chi connectivity index (χ2v) is 12.4. The van der Waals surface area contributed by atoms with E-state index in [-0.39, 0.29) is 0 Å². The standard InChI is InChI=1S/C45H27N3O/c1-2-13-29(14-3-1)43-46-44(32-17-10-16-30(26-32)34-21-11-23-40-41(34)37-20-8-9-22-39(37)49-40)48-45(47-43)42-35-19-7-5-15-31(35)27-38-33-18-6-4-12-28(33)24-25-36(38)42/h1-27H. The maximum Gasteiger partial charge on any atom is 0.165 e. The van der Waals surface area contributed by atoms with Gasteiger partial charge in [0, 0.05) is 27.5 Å².